The lowest BCUT2D eigenvalue weighted by atomic mass is 10.1. The van der Waals surface area contributed by atoms with E-state index in [1.54, 1.807) is 0 Å². The van der Waals surface area contributed by atoms with Crippen LogP contribution in [0.2, 0.25) is 0 Å². The fourth-order valence-corrected chi connectivity index (χ4v) is 1.43. The molecule has 0 aromatic heterocycles. The summed E-state index contributed by atoms with van der Waals surface area (Å²) in [6.07, 6.45) is 6.28. The van der Waals surface area contributed by atoms with Crippen molar-refractivity contribution >= 4 is 6.08 Å². The molecule has 1 atom stereocenters. The number of aryl methyl sites for hydroxylation is 1. The third kappa shape index (κ3) is 4.30. The summed E-state index contributed by atoms with van der Waals surface area (Å²) in [7, 11) is 0. The number of rotatable bonds is 5. The van der Waals surface area contributed by atoms with Crippen LogP contribution in [-0.2, 0) is 6.42 Å². The molecule has 1 nitrogen and oxygen atoms in total. The summed E-state index contributed by atoms with van der Waals surface area (Å²) in [5.74, 6) is 0.357. The van der Waals surface area contributed by atoms with Gasteiger partial charge in [-0.3, -0.25) is 0 Å². The van der Waals surface area contributed by atoms with Crippen LogP contribution in [0.25, 0.3) is 6.08 Å². The molecule has 82 valence electrons. The van der Waals surface area contributed by atoms with Crippen molar-refractivity contribution in [3.05, 3.63) is 41.5 Å². The van der Waals surface area contributed by atoms with Gasteiger partial charge in [-0.25, -0.2) is 0 Å². The van der Waals surface area contributed by atoms with Crippen LogP contribution in [0.3, 0.4) is 0 Å². The van der Waals surface area contributed by atoms with Gasteiger partial charge in [-0.2, -0.15) is 0 Å². The molecule has 0 fully saturated rings. The molecule has 0 aliphatic rings. The van der Waals surface area contributed by atoms with Gasteiger partial charge in [0.2, 0.25) is 0 Å². The Morgan fingerprint density at radius 2 is 2.20 bits per heavy atom. The first-order valence-electron chi connectivity index (χ1n) is 5.62. The van der Waals surface area contributed by atoms with Crippen LogP contribution >= 0.6 is 0 Å². The molecule has 1 aromatic carbocycles. The van der Waals surface area contributed by atoms with E-state index in [0.717, 1.165) is 12.8 Å². The summed E-state index contributed by atoms with van der Waals surface area (Å²) in [5, 5.41) is 8.88. The molecule has 1 heteroatoms. The highest BCUT2D eigenvalue weighted by Crippen LogP contribution is 2.09. The first-order chi connectivity index (χ1) is 7.26. The Balaban J connectivity index is 2.56. The topological polar surface area (TPSA) is 20.2 Å². The molecule has 1 rings (SSSR count). The average molecular weight is 204 g/mol. The zero-order valence-electron chi connectivity index (χ0n) is 9.61. The molecule has 15 heavy (non-hydrogen) atoms. The van der Waals surface area contributed by atoms with Crippen molar-refractivity contribution in [1.29, 1.82) is 0 Å². The molecular weight excluding hydrogens is 184 g/mol. The van der Waals surface area contributed by atoms with Crippen molar-refractivity contribution in [1.82, 2.24) is 0 Å². The van der Waals surface area contributed by atoms with Crippen LogP contribution in [0.15, 0.2) is 30.3 Å². The summed E-state index contributed by atoms with van der Waals surface area (Å²) in [4.78, 5) is 0. The van der Waals surface area contributed by atoms with Gasteiger partial charge in [-0.05, 0) is 29.9 Å². The van der Waals surface area contributed by atoms with Crippen LogP contribution in [0.5, 0.6) is 0 Å². The van der Waals surface area contributed by atoms with E-state index in [9.17, 15) is 0 Å². The van der Waals surface area contributed by atoms with Gasteiger partial charge >= 0.3 is 0 Å². The minimum atomic E-state index is 0.263. The van der Waals surface area contributed by atoms with Crippen molar-refractivity contribution in [2.75, 3.05) is 6.61 Å². The molecule has 0 saturated carbocycles. The summed E-state index contributed by atoms with van der Waals surface area (Å²) in [5.41, 5.74) is 2.62. The van der Waals surface area contributed by atoms with E-state index >= 15 is 0 Å². The average Bonchev–Trinajstić information content (AvgIpc) is 2.29. The van der Waals surface area contributed by atoms with Gasteiger partial charge in [0.1, 0.15) is 0 Å². The van der Waals surface area contributed by atoms with E-state index in [-0.39, 0.29) is 6.61 Å². The molecular formula is C14H20O. The van der Waals surface area contributed by atoms with Crippen LogP contribution in [-0.4, -0.2) is 11.7 Å². The van der Waals surface area contributed by atoms with Gasteiger partial charge < -0.3 is 5.11 Å². The van der Waals surface area contributed by atoms with Gasteiger partial charge in [0.25, 0.3) is 0 Å². The lowest BCUT2D eigenvalue weighted by molar-refractivity contribution is 0.239. The third-order valence-corrected chi connectivity index (χ3v) is 2.52. The number of hydrogen-bond acceptors (Lipinski definition) is 1. The number of aliphatic hydroxyl groups is 1. The molecule has 1 N–H and O–H groups in total. The van der Waals surface area contributed by atoms with Gasteiger partial charge in [0.15, 0.2) is 0 Å². The van der Waals surface area contributed by atoms with Gasteiger partial charge in [-0.15, -0.1) is 0 Å². The summed E-state index contributed by atoms with van der Waals surface area (Å²) in [6, 6.07) is 8.56. The number of allylic oxidation sites excluding steroid dienone is 1. The van der Waals surface area contributed by atoms with Crippen LogP contribution in [0, 0.1) is 5.92 Å². The first kappa shape index (κ1) is 12.0. The predicted octanol–water partition coefficient (Wildman–Crippen LogP) is 3.28. The third-order valence-electron chi connectivity index (χ3n) is 2.52. The molecule has 0 spiro atoms. The first-order valence-corrected chi connectivity index (χ1v) is 5.62. The minimum Gasteiger partial charge on any atom is -0.396 e. The SMILES string of the molecule is CCc1cccc(/C=C/C[C@H](C)CO)c1. The van der Waals surface area contributed by atoms with E-state index in [1.807, 2.05) is 6.92 Å². The summed E-state index contributed by atoms with van der Waals surface area (Å²) >= 11 is 0. The second-order valence-corrected chi connectivity index (χ2v) is 4.02. The Morgan fingerprint density at radius 3 is 2.87 bits per heavy atom. The molecule has 0 unspecified atom stereocenters. The van der Waals surface area contributed by atoms with Crippen molar-refractivity contribution in [3.63, 3.8) is 0 Å². The monoisotopic (exact) mass is 204 g/mol. The Morgan fingerprint density at radius 1 is 1.40 bits per heavy atom. The molecule has 0 radical (unpaired) electrons. The number of aliphatic hydroxyl groups excluding tert-OH is 1. The van der Waals surface area contributed by atoms with Crippen LogP contribution in [0.1, 0.15) is 31.4 Å². The minimum absolute atomic E-state index is 0.263. The zero-order chi connectivity index (χ0) is 11.1. The lowest BCUT2D eigenvalue weighted by Crippen LogP contribution is -1.97. The molecule has 0 aliphatic carbocycles. The molecule has 0 aliphatic heterocycles. The van der Waals surface area contributed by atoms with Crippen molar-refractivity contribution in [3.8, 4) is 0 Å². The predicted molar refractivity (Wildman–Crippen MR) is 65.7 cm³/mol. The molecule has 0 heterocycles. The molecule has 1 aromatic rings. The fourth-order valence-electron chi connectivity index (χ4n) is 1.43. The molecule has 0 saturated heterocycles. The molecule has 0 bridgehead atoms. The normalized spacial score (nSPS) is 13.3. The smallest absolute Gasteiger partial charge is 0.0459 e. The summed E-state index contributed by atoms with van der Waals surface area (Å²) < 4.78 is 0. The van der Waals surface area contributed by atoms with Crippen LogP contribution < -0.4 is 0 Å². The maximum atomic E-state index is 8.88. The number of benzene rings is 1. The maximum absolute atomic E-state index is 8.88. The Hall–Kier alpha value is -1.08. The van der Waals surface area contributed by atoms with Crippen molar-refractivity contribution in [2.45, 2.75) is 26.7 Å². The highest BCUT2D eigenvalue weighted by Gasteiger charge is 1.95. The highest BCUT2D eigenvalue weighted by atomic mass is 16.3. The van der Waals surface area contributed by atoms with E-state index in [4.69, 9.17) is 5.11 Å². The number of hydrogen-bond donors (Lipinski definition) is 1. The fraction of sp³-hybridized carbons (Fsp3) is 0.429. The Bertz CT molecular complexity index is 315. The van der Waals surface area contributed by atoms with Gasteiger partial charge in [0, 0.05) is 6.61 Å². The Labute approximate surface area is 92.5 Å². The second kappa shape index (κ2) is 6.41. The van der Waals surface area contributed by atoms with E-state index in [2.05, 4.69) is 43.3 Å². The largest absolute Gasteiger partial charge is 0.396 e. The van der Waals surface area contributed by atoms with Crippen molar-refractivity contribution in [2.24, 2.45) is 5.92 Å². The van der Waals surface area contributed by atoms with Crippen LogP contribution in [0.4, 0.5) is 0 Å². The van der Waals surface area contributed by atoms with E-state index in [1.165, 1.54) is 11.1 Å². The quantitative estimate of drug-likeness (QED) is 0.780. The maximum Gasteiger partial charge on any atom is 0.0459 e. The van der Waals surface area contributed by atoms with Gasteiger partial charge in [-0.1, -0.05) is 50.3 Å². The highest BCUT2D eigenvalue weighted by molar-refractivity contribution is 5.50. The Kier molecular flexibility index (Phi) is 5.13. The standard InChI is InChI=1S/C14H20O/c1-3-13-7-5-9-14(10-13)8-4-6-12(2)11-15/h4-5,7-10,12,15H,3,6,11H2,1-2H3/b8-4+/t12-/m0/s1. The van der Waals surface area contributed by atoms with Crippen molar-refractivity contribution < 1.29 is 5.11 Å². The van der Waals surface area contributed by atoms with E-state index in [0.29, 0.717) is 5.92 Å². The van der Waals surface area contributed by atoms with Gasteiger partial charge in [0.05, 0.1) is 0 Å². The zero-order valence-corrected chi connectivity index (χ0v) is 9.61. The lowest BCUT2D eigenvalue weighted by Gasteiger charge is -2.02. The molecule has 0 amide bonds. The summed E-state index contributed by atoms with van der Waals surface area (Å²) in [6.45, 7) is 4.48. The second-order valence-electron chi connectivity index (χ2n) is 4.02. The van der Waals surface area contributed by atoms with E-state index < -0.39 is 0 Å².